The first-order valence-corrected chi connectivity index (χ1v) is 7.39. The fraction of sp³-hybridized carbons (Fsp3) is 0.333. The highest BCUT2D eigenvalue weighted by molar-refractivity contribution is 7.17. The average molecular weight is 272 g/mol. The lowest BCUT2D eigenvalue weighted by Gasteiger charge is -2.19. The molecular weight excluding hydrogens is 256 g/mol. The number of hydrogen-bond donors (Lipinski definition) is 0. The Hall–Kier alpha value is -1.68. The Morgan fingerprint density at radius 3 is 2.79 bits per heavy atom. The maximum Gasteiger partial charge on any atom is 0.186 e. The standard InChI is InChI=1S/C15H16N2OS/c1-11-6-5-9-17(11)15-16-14(13(10-18)19-15)12-7-3-2-4-8-12/h2-4,7-8,10-11H,5-6,9H2,1H3. The van der Waals surface area contributed by atoms with Gasteiger partial charge in [-0.05, 0) is 19.8 Å². The van der Waals surface area contributed by atoms with Crippen LogP contribution in [0.2, 0.25) is 0 Å². The van der Waals surface area contributed by atoms with Crippen LogP contribution in [0.1, 0.15) is 29.4 Å². The molecule has 98 valence electrons. The highest BCUT2D eigenvalue weighted by Crippen LogP contribution is 2.35. The summed E-state index contributed by atoms with van der Waals surface area (Å²) in [6.45, 7) is 3.26. The summed E-state index contributed by atoms with van der Waals surface area (Å²) in [5.41, 5.74) is 1.83. The third kappa shape index (κ3) is 2.28. The Balaban J connectivity index is 2.01. The van der Waals surface area contributed by atoms with Crippen molar-refractivity contribution in [3.05, 3.63) is 35.2 Å². The Kier molecular flexibility index (Phi) is 3.34. The van der Waals surface area contributed by atoms with Gasteiger partial charge in [-0.2, -0.15) is 0 Å². The van der Waals surface area contributed by atoms with Gasteiger partial charge in [0.1, 0.15) is 0 Å². The molecule has 0 spiro atoms. The van der Waals surface area contributed by atoms with Crippen LogP contribution in [0.25, 0.3) is 11.3 Å². The smallest absolute Gasteiger partial charge is 0.186 e. The molecule has 1 unspecified atom stereocenters. The molecular formula is C15H16N2OS. The van der Waals surface area contributed by atoms with E-state index in [9.17, 15) is 4.79 Å². The number of thiazole rings is 1. The van der Waals surface area contributed by atoms with Crippen LogP contribution < -0.4 is 4.90 Å². The van der Waals surface area contributed by atoms with E-state index >= 15 is 0 Å². The van der Waals surface area contributed by atoms with E-state index in [0.717, 1.165) is 34.1 Å². The lowest BCUT2D eigenvalue weighted by Crippen LogP contribution is -2.25. The maximum atomic E-state index is 11.3. The number of hydrogen-bond acceptors (Lipinski definition) is 4. The third-order valence-electron chi connectivity index (χ3n) is 3.60. The lowest BCUT2D eigenvalue weighted by atomic mass is 10.1. The van der Waals surface area contributed by atoms with Crippen molar-refractivity contribution in [3.63, 3.8) is 0 Å². The van der Waals surface area contributed by atoms with E-state index in [1.165, 1.54) is 24.2 Å². The second-order valence-electron chi connectivity index (χ2n) is 4.88. The topological polar surface area (TPSA) is 33.2 Å². The minimum atomic E-state index is 0.522. The molecule has 0 saturated carbocycles. The van der Waals surface area contributed by atoms with E-state index in [-0.39, 0.29) is 0 Å². The SMILES string of the molecule is CC1CCCN1c1nc(-c2ccccc2)c(C=O)s1. The monoisotopic (exact) mass is 272 g/mol. The Morgan fingerprint density at radius 2 is 2.16 bits per heavy atom. The second-order valence-corrected chi connectivity index (χ2v) is 5.89. The van der Waals surface area contributed by atoms with Gasteiger partial charge in [-0.25, -0.2) is 4.98 Å². The zero-order valence-electron chi connectivity index (χ0n) is 10.9. The van der Waals surface area contributed by atoms with Gasteiger partial charge >= 0.3 is 0 Å². The van der Waals surface area contributed by atoms with Crippen LogP contribution >= 0.6 is 11.3 Å². The van der Waals surface area contributed by atoms with Crippen molar-refractivity contribution in [2.75, 3.05) is 11.4 Å². The fourth-order valence-electron chi connectivity index (χ4n) is 2.54. The van der Waals surface area contributed by atoms with Crippen LogP contribution in [-0.4, -0.2) is 23.9 Å². The van der Waals surface area contributed by atoms with Crippen molar-refractivity contribution in [2.24, 2.45) is 0 Å². The Labute approximate surface area is 116 Å². The summed E-state index contributed by atoms with van der Waals surface area (Å²) in [5.74, 6) is 0. The zero-order chi connectivity index (χ0) is 13.2. The number of benzene rings is 1. The van der Waals surface area contributed by atoms with Crippen molar-refractivity contribution >= 4 is 22.8 Å². The number of nitrogens with zero attached hydrogens (tertiary/aromatic N) is 2. The van der Waals surface area contributed by atoms with Crippen LogP contribution in [0.15, 0.2) is 30.3 Å². The van der Waals surface area contributed by atoms with Gasteiger partial charge in [0.15, 0.2) is 11.4 Å². The van der Waals surface area contributed by atoms with Crippen molar-refractivity contribution in [3.8, 4) is 11.3 Å². The number of aldehydes is 1. The average Bonchev–Trinajstić information content (AvgIpc) is 3.05. The minimum Gasteiger partial charge on any atom is -0.345 e. The summed E-state index contributed by atoms with van der Waals surface area (Å²) >= 11 is 1.50. The first-order valence-electron chi connectivity index (χ1n) is 6.57. The summed E-state index contributed by atoms with van der Waals surface area (Å²) in [6, 6.07) is 10.4. The zero-order valence-corrected chi connectivity index (χ0v) is 11.7. The van der Waals surface area contributed by atoms with Crippen LogP contribution in [0.3, 0.4) is 0 Å². The molecule has 1 saturated heterocycles. The molecule has 1 aromatic heterocycles. The fourth-order valence-corrected chi connectivity index (χ4v) is 3.57. The third-order valence-corrected chi connectivity index (χ3v) is 4.61. The normalized spacial score (nSPS) is 18.8. The van der Waals surface area contributed by atoms with Gasteiger partial charge < -0.3 is 4.90 Å². The van der Waals surface area contributed by atoms with Gasteiger partial charge in [-0.3, -0.25) is 4.79 Å². The largest absolute Gasteiger partial charge is 0.345 e. The van der Waals surface area contributed by atoms with Gasteiger partial charge in [0.05, 0.1) is 10.6 Å². The van der Waals surface area contributed by atoms with E-state index in [4.69, 9.17) is 4.98 Å². The van der Waals surface area contributed by atoms with E-state index in [1.54, 1.807) is 0 Å². The van der Waals surface area contributed by atoms with Gasteiger partial charge in [0.2, 0.25) is 0 Å². The molecule has 1 fully saturated rings. The molecule has 3 nitrogen and oxygen atoms in total. The lowest BCUT2D eigenvalue weighted by molar-refractivity contribution is 0.112. The van der Waals surface area contributed by atoms with Crippen LogP contribution in [0, 0.1) is 0 Å². The first-order chi connectivity index (χ1) is 9.29. The summed E-state index contributed by atoms with van der Waals surface area (Å²) in [5, 5.41) is 0.978. The van der Waals surface area contributed by atoms with E-state index in [2.05, 4.69) is 11.8 Å². The molecule has 0 radical (unpaired) electrons. The van der Waals surface area contributed by atoms with Crippen molar-refractivity contribution in [1.29, 1.82) is 0 Å². The summed E-state index contributed by atoms with van der Waals surface area (Å²) in [4.78, 5) is 19.0. The van der Waals surface area contributed by atoms with Crippen LogP contribution in [0.4, 0.5) is 5.13 Å². The molecule has 0 bridgehead atoms. The van der Waals surface area contributed by atoms with Crippen molar-refractivity contribution in [1.82, 2.24) is 4.98 Å². The summed E-state index contributed by atoms with van der Waals surface area (Å²) in [7, 11) is 0. The summed E-state index contributed by atoms with van der Waals surface area (Å²) in [6.07, 6.45) is 3.33. The van der Waals surface area contributed by atoms with Gasteiger partial charge in [-0.15, -0.1) is 0 Å². The molecule has 1 atom stereocenters. The van der Waals surface area contributed by atoms with Crippen LogP contribution in [0.5, 0.6) is 0 Å². The molecule has 3 rings (SSSR count). The minimum absolute atomic E-state index is 0.522. The molecule has 0 aliphatic carbocycles. The molecule has 2 heterocycles. The van der Waals surface area contributed by atoms with Crippen LogP contribution in [-0.2, 0) is 0 Å². The second kappa shape index (κ2) is 5.13. The number of anilines is 1. The molecule has 1 aliphatic heterocycles. The van der Waals surface area contributed by atoms with Crippen molar-refractivity contribution < 1.29 is 4.79 Å². The molecule has 0 amide bonds. The molecule has 1 aliphatic rings. The number of aromatic nitrogens is 1. The maximum absolute atomic E-state index is 11.3. The molecule has 4 heteroatoms. The number of carbonyl (C=O) groups excluding carboxylic acids is 1. The predicted molar refractivity (Wildman–Crippen MR) is 79.0 cm³/mol. The Bertz CT molecular complexity index is 579. The molecule has 1 aromatic carbocycles. The quantitative estimate of drug-likeness (QED) is 0.800. The van der Waals surface area contributed by atoms with Gasteiger partial charge in [0.25, 0.3) is 0 Å². The number of carbonyl (C=O) groups is 1. The predicted octanol–water partition coefficient (Wildman–Crippen LogP) is 3.61. The van der Waals surface area contributed by atoms with Gasteiger partial charge in [0, 0.05) is 18.2 Å². The van der Waals surface area contributed by atoms with E-state index < -0.39 is 0 Å². The molecule has 2 aromatic rings. The highest BCUT2D eigenvalue weighted by atomic mass is 32.1. The molecule has 0 N–H and O–H groups in total. The van der Waals surface area contributed by atoms with Gasteiger partial charge in [-0.1, -0.05) is 41.7 Å². The first kappa shape index (κ1) is 12.4. The molecule has 19 heavy (non-hydrogen) atoms. The summed E-state index contributed by atoms with van der Waals surface area (Å²) < 4.78 is 0. The highest BCUT2D eigenvalue weighted by Gasteiger charge is 2.24. The Morgan fingerprint density at radius 1 is 1.37 bits per heavy atom. The number of rotatable bonds is 3. The van der Waals surface area contributed by atoms with E-state index in [1.807, 2.05) is 30.3 Å². The van der Waals surface area contributed by atoms with Crippen molar-refractivity contribution in [2.45, 2.75) is 25.8 Å². The van der Waals surface area contributed by atoms with E-state index in [0.29, 0.717) is 6.04 Å².